The third-order valence-corrected chi connectivity index (χ3v) is 3.83. The van der Waals surface area contributed by atoms with E-state index in [1.807, 2.05) is 36.4 Å². The Morgan fingerprint density at radius 2 is 1.81 bits per heavy atom. The Bertz CT molecular complexity index is 734. The zero-order valence-corrected chi connectivity index (χ0v) is 11.6. The second-order valence-corrected chi connectivity index (χ2v) is 5.12. The first-order chi connectivity index (χ1) is 10.4. The van der Waals surface area contributed by atoms with Crippen molar-refractivity contribution >= 4 is 0 Å². The van der Waals surface area contributed by atoms with E-state index in [0.717, 1.165) is 18.4 Å². The number of fused-ring (bicyclic) bond motifs is 1. The fourth-order valence-corrected chi connectivity index (χ4v) is 2.79. The van der Waals surface area contributed by atoms with Crippen LogP contribution in [0.3, 0.4) is 0 Å². The van der Waals surface area contributed by atoms with Crippen molar-refractivity contribution in [1.29, 1.82) is 0 Å². The highest BCUT2D eigenvalue weighted by atomic mass is 15.1. The number of hydrogen-bond acceptors (Lipinski definition) is 1. The number of benzene rings is 2. The van der Waals surface area contributed by atoms with Crippen molar-refractivity contribution in [1.82, 2.24) is 0 Å². The second-order valence-electron chi connectivity index (χ2n) is 5.12. The monoisotopic (exact) mass is 273 g/mol. The molecular weight excluding hydrogens is 258 g/mol. The van der Waals surface area contributed by atoms with Crippen LogP contribution in [0.15, 0.2) is 59.7 Å². The van der Waals surface area contributed by atoms with Crippen molar-refractivity contribution in [3.05, 3.63) is 81.7 Å². The SMILES string of the molecule is [N-]=[N+]=N[C@@H]1CCc2ccccc2[C@H]1C#Cc1ccccc1. The van der Waals surface area contributed by atoms with Crippen LogP contribution in [0.5, 0.6) is 0 Å². The van der Waals surface area contributed by atoms with Crippen molar-refractivity contribution in [2.45, 2.75) is 24.8 Å². The molecule has 0 aromatic heterocycles. The Morgan fingerprint density at radius 3 is 2.62 bits per heavy atom. The van der Waals surface area contributed by atoms with Crippen molar-refractivity contribution < 1.29 is 0 Å². The standard InChI is InChI=1S/C18H15N3/c19-21-20-18-13-11-15-8-4-5-9-16(15)17(18)12-10-14-6-2-1-3-7-14/h1-9,17-18H,11,13H2/t17-,18-/m1/s1. The van der Waals surface area contributed by atoms with E-state index in [4.69, 9.17) is 5.53 Å². The van der Waals surface area contributed by atoms with E-state index >= 15 is 0 Å². The van der Waals surface area contributed by atoms with Gasteiger partial charge in [0.15, 0.2) is 0 Å². The summed E-state index contributed by atoms with van der Waals surface area (Å²) >= 11 is 0. The van der Waals surface area contributed by atoms with E-state index in [-0.39, 0.29) is 12.0 Å². The third-order valence-electron chi connectivity index (χ3n) is 3.83. The van der Waals surface area contributed by atoms with Crippen LogP contribution in [-0.4, -0.2) is 6.04 Å². The normalized spacial score (nSPS) is 19.6. The predicted molar refractivity (Wildman–Crippen MR) is 83.8 cm³/mol. The lowest BCUT2D eigenvalue weighted by Crippen LogP contribution is -2.22. The lowest BCUT2D eigenvalue weighted by atomic mass is 9.80. The van der Waals surface area contributed by atoms with Crippen molar-refractivity contribution in [3.8, 4) is 11.8 Å². The Labute approximate surface area is 124 Å². The van der Waals surface area contributed by atoms with Gasteiger partial charge < -0.3 is 0 Å². The molecule has 0 heterocycles. The van der Waals surface area contributed by atoms with Crippen LogP contribution >= 0.6 is 0 Å². The minimum absolute atomic E-state index is 0.0222. The van der Waals surface area contributed by atoms with E-state index in [0.29, 0.717) is 0 Å². The molecular formula is C18H15N3. The van der Waals surface area contributed by atoms with Gasteiger partial charge >= 0.3 is 0 Å². The summed E-state index contributed by atoms with van der Waals surface area (Å²) < 4.78 is 0. The van der Waals surface area contributed by atoms with Gasteiger partial charge in [-0.2, -0.15) is 0 Å². The lowest BCUT2D eigenvalue weighted by molar-refractivity contribution is 0.536. The summed E-state index contributed by atoms with van der Waals surface area (Å²) in [5, 5.41) is 3.95. The molecule has 0 radical (unpaired) electrons. The number of azide groups is 1. The number of hydrogen-bond donors (Lipinski definition) is 0. The molecule has 0 N–H and O–H groups in total. The van der Waals surface area contributed by atoms with Crippen LogP contribution in [0.25, 0.3) is 10.4 Å². The van der Waals surface area contributed by atoms with Crippen LogP contribution in [0.1, 0.15) is 29.0 Å². The molecule has 0 amide bonds. The molecule has 21 heavy (non-hydrogen) atoms. The lowest BCUT2D eigenvalue weighted by Gasteiger charge is -2.27. The minimum atomic E-state index is -0.0823. The molecule has 2 aromatic carbocycles. The van der Waals surface area contributed by atoms with E-state index < -0.39 is 0 Å². The third kappa shape index (κ3) is 2.91. The second kappa shape index (κ2) is 6.17. The fraction of sp³-hybridized carbons (Fsp3) is 0.222. The first-order valence-electron chi connectivity index (χ1n) is 7.07. The Hall–Kier alpha value is -2.69. The molecule has 0 bridgehead atoms. The summed E-state index contributed by atoms with van der Waals surface area (Å²) in [4.78, 5) is 2.99. The van der Waals surface area contributed by atoms with Gasteiger partial charge in [0.2, 0.25) is 0 Å². The fourth-order valence-electron chi connectivity index (χ4n) is 2.79. The summed E-state index contributed by atoms with van der Waals surface area (Å²) in [7, 11) is 0. The van der Waals surface area contributed by atoms with Gasteiger partial charge in [-0.1, -0.05) is 59.4 Å². The average Bonchev–Trinajstić information content (AvgIpc) is 2.55. The van der Waals surface area contributed by atoms with Crippen molar-refractivity contribution in [2.75, 3.05) is 0 Å². The van der Waals surface area contributed by atoms with Crippen LogP contribution in [0, 0.1) is 11.8 Å². The molecule has 2 atom stereocenters. The summed E-state index contributed by atoms with van der Waals surface area (Å²) in [6.07, 6.45) is 1.80. The molecule has 1 aliphatic rings. The van der Waals surface area contributed by atoms with Gasteiger partial charge in [-0.3, -0.25) is 0 Å². The topological polar surface area (TPSA) is 48.8 Å². The molecule has 1 aliphatic carbocycles. The van der Waals surface area contributed by atoms with Crippen molar-refractivity contribution in [3.63, 3.8) is 0 Å². The van der Waals surface area contributed by atoms with Crippen molar-refractivity contribution in [2.24, 2.45) is 5.11 Å². The molecule has 102 valence electrons. The summed E-state index contributed by atoms with van der Waals surface area (Å²) in [5.41, 5.74) is 12.3. The van der Waals surface area contributed by atoms with Gasteiger partial charge in [0.1, 0.15) is 0 Å². The maximum absolute atomic E-state index is 8.78. The largest absolute Gasteiger partial charge is 0.0892 e. The van der Waals surface area contributed by atoms with Gasteiger partial charge in [0, 0.05) is 10.5 Å². The zero-order chi connectivity index (χ0) is 14.5. The quantitative estimate of drug-likeness (QED) is 0.319. The van der Waals surface area contributed by atoms with E-state index in [1.165, 1.54) is 11.1 Å². The van der Waals surface area contributed by atoms with Gasteiger partial charge in [0.05, 0.1) is 12.0 Å². The molecule has 0 aliphatic heterocycles. The maximum Gasteiger partial charge on any atom is 0.0556 e. The Balaban J connectivity index is 2.00. The zero-order valence-electron chi connectivity index (χ0n) is 11.6. The number of nitrogens with zero attached hydrogens (tertiary/aromatic N) is 3. The number of aryl methyl sites for hydroxylation is 1. The Morgan fingerprint density at radius 1 is 1.05 bits per heavy atom. The molecule has 0 fully saturated rings. The van der Waals surface area contributed by atoms with Gasteiger partial charge in [0.25, 0.3) is 0 Å². The van der Waals surface area contributed by atoms with Gasteiger partial charge in [-0.25, -0.2) is 0 Å². The van der Waals surface area contributed by atoms with Crippen LogP contribution in [0.4, 0.5) is 0 Å². The Kier molecular flexibility index (Phi) is 3.91. The first kappa shape index (κ1) is 13.3. The molecule has 0 saturated carbocycles. The molecule has 3 heteroatoms. The van der Waals surface area contributed by atoms with E-state index in [1.54, 1.807) is 0 Å². The molecule has 3 rings (SSSR count). The highest BCUT2D eigenvalue weighted by molar-refractivity contribution is 5.43. The minimum Gasteiger partial charge on any atom is -0.0892 e. The summed E-state index contributed by atoms with van der Waals surface area (Å²) in [6, 6.07) is 18.1. The average molecular weight is 273 g/mol. The molecule has 3 nitrogen and oxygen atoms in total. The summed E-state index contributed by atoms with van der Waals surface area (Å²) in [5.74, 6) is 6.50. The molecule has 0 spiro atoms. The smallest absolute Gasteiger partial charge is 0.0556 e. The molecule has 2 aromatic rings. The highest BCUT2D eigenvalue weighted by Gasteiger charge is 2.27. The number of rotatable bonds is 1. The highest BCUT2D eigenvalue weighted by Crippen LogP contribution is 2.33. The molecule has 0 unspecified atom stereocenters. The predicted octanol–water partition coefficient (Wildman–Crippen LogP) is 4.45. The van der Waals surface area contributed by atoms with E-state index in [2.05, 4.69) is 40.1 Å². The molecule has 0 saturated heterocycles. The van der Waals surface area contributed by atoms with Crippen LogP contribution < -0.4 is 0 Å². The maximum atomic E-state index is 8.78. The van der Waals surface area contributed by atoms with Gasteiger partial charge in [-0.15, -0.1) is 0 Å². The van der Waals surface area contributed by atoms with Crippen LogP contribution in [0.2, 0.25) is 0 Å². The summed E-state index contributed by atoms with van der Waals surface area (Å²) in [6.45, 7) is 0. The first-order valence-corrected chi connectivity index (χ1v) is 7.07. The van der Waals surface area contributed by atoms with E-state index in [9.17, 15) is 0 Å². The van der Waals surface area contributed by atoms with Crippen LogP contribution in [-0.2, 0) is 6.42 Å². The van der Waals surface area contributed by atoms with Gasteiger partial charge in [-0.05, 0) is 41.6 Å².